The molecule has 3 nitrogen and oxygen atoms in total. The Kier molecular flexibility index (Phi) is 2.13. The van der Waals surface area contributed by atoms with Gasteiger partial charge in [-0.25, -0.2) is 0 Å². The van der Waals surface area contributed by atoms with Crippen LogP contribution in [0.3, 0.4) is 0 Å². The van der Waals surface area contributed by atoms with Crippen LogP contribution in [0.25, 0.3) is 11.3 Å². The van der Waals surface area contributed by atoms with Crippen LogP contribution in [0.15, 0.2) is 15.2 Å². The average molecular weight is 258 g/mol. The van der Waals surface area contributed by atoms with Crippen LogP contribution in [-0.2, 0) is 0 Å². The van der Waals surface area contributed by atoms with Crippen molar-refractivity contribution in [3.8, 4) is 11.3 Å². The van der Waals surface area contributed by atoms with E-state index in [0.29, 0.717) is 5.82 Å². The summed E-state index contributed by atoms with van der Waals surface area (Å²) in [6.45, 7) is 1.96. The Bertz CT molecular complexity index is 432. The molecule has 13 heavy (non-hydrogen) atoms. The van der Waals surface area contributed by atoms with Gasteiger partial charge in [-0.1, -0.05) is 0 Å². The Labute approximate surface area is 88.1 Å². The molecule has 0 saturated carbocycles. The zero-order valence-electron chi connectivity index (χ0n) is 6.97. The molecule has 2 heterocycles. The SMILES string of the molecule is Cc1c(N)n[nH]c1-c1cscc1Br. The van der Waals surface area contributed by atoms with E-state index in [0.717, 1.165) is 21.3 Å². The van der Waals surface area contributed by atoms with Gasteiger partial charge in [0.05, 0.1) is 5.69 Å². The standard InChI is InChI=1S/C8H8BrN3S/c1-4-7(11-12-8(4)10)5-2-13-3-6(5)9/h2-3H,1H3,(H3,10,11,12). The quantitative estimate of drug-likeness (QED) is 0.826. The predicted molar refractivity (Wildman–Crippen MR) is 58.8 cm³/mol. The van der Waals surface area contributed by atoms with Crippen LogP contribution in [0.1, 0.15) is 5.56 Å². The summed E-state index contributed by atoms with van der Waals surface area (Å²) in [4.78, 5) is 0. The third-order valence-electron chi connectivity index (χ3n) is 1.93. The first-order valence-electron chi connectivity index (χ1n) is 3.72. The number of nitrogens with zero attached hydrogens (tertiary/aromatic N) is 1. The number of H-pyrrole nitrogens is 1. The number of anilines is 1. The van der Waals surface area contributed by atoms with Crippen LogP contribution in [0.5, 0.6) is 0 Å². The molecule has 0 aliphatic heterocycles. The van der Waals surface area contributed by atoms with Crippen molar-refractivity contribution in [1.82, 2.24) is 10.2 Å². The number of rotatable bonds is 1. The van der Waals surface area contributed by atoms with E-state index in [9.17, 15) is 0 Å². The molecule has 0 aliphatic rings. The fourth-order valence-electron chi connectivity index (χ4n) is 1.13. The molecule has 0 amide bonds. The Morgan fingerprint density at radius 2 is 2.31 bits per heavy atom. The molecule has 0 bridgehead atoms. The molecule has 2 aromatic rings. The monoisotopic (exact) mass is 257 g/mol. The minimum absolute atomic E-state index is 0.563. The van der Waals surface area contributed by atoms with Crippen molar-refractivity contribution in [2.75, 3.05) is 5.73 Å². The van der Waals surface area contributed by atoms with Crippen LogP contribution in [-0.4, -0.2) is 10.2 Å². The largest absolute Gasteiger partial charge is 0.382 e. The van der Waals surface area contributed by atoms with Crippen molar-refractivity contribution in [2.45, 2.75) is 6.92 Å². The molecule has 5 heteroatoms. The van der Waals surface area contributed by atoms with Crippen molar-refractivity contribution in [1.29, 1.82) is 0 Å². The first-order valence-corrected chi connectivity index (χ1v) is 5.46. The van der Waals surface area contributed by atoms with E-state index in [1.54, 1.807) is 11.3 Å². The van der Waals surface area contributed by atoms with Crippen LogP contribution in [0.2, 0.25) is 0 Å². The normalized spacial score (nSPS) is 10.6. The van der Waals surface area contributed by atoms with Crippen molar-refractivity contribution in [3.05, 3.63) is 20.8 Å². The van der Waals surface area contributed by atoms with E-state index < -0.39 is 0 Å². The fourth-order valence-corrected chi connectivity index (χ4v) is 2.62. The molecule has 0 aromatic carbocycles. The lowest BCUT2D eigenvalue weighted by atomic mass is 10.1. The molecule has 0 fully saturated rings. The number of nitrogens with one attached hydrogen (secondary N) is 1. The highest BCUT2D eigenvalue weighted by molar-refractivity contribution is 9.10. The summed E-state index contributed by atoms with van der Waals surface area (Å²) in [6.07, 6.45) is 0. The number of nitrogen functional groups attached to an aromatic ring is 1. The topological polar surface area (TPSA) is 54.7 Å². The van der Waals surface area contributed by atoms with Gasteiger partial charge < -0.3 is 5.73 Å². The number of hydrogen-bond acceptors (Lipinski definition) is 3. The molecular formula is C8H8BrN3S. The van der Waals surface area contributed by atoms with Crippen LogP contribution < -0.4 is 5.73 Å². The van der Waals surface area contributed by atoms with Gasteiger partial charge in [0.15, 0.2) is 0 Å². The molecule has 0 radical (unpaired) electrons. The third kappa shape index (κ3) is 1.38. The smallest absolute Gasteiger partial charge is 0.148 e. The molecule has 68 valence electrons. The van der Waals surface area contributed by atoms with Gasteiger partial charge in [0.25, 0.3) is 0 Å². The predicted octanol–water partition coefficient (Wildman–Crippen LogP) is 2.79. The van der Waals surface area contributed by atoms with E-state index in [4.69, 9.17) is 5.73 Å². The minimum atomic E-state index is 0.563. The first kappa shape index (κ1) is 8.77. The lowest BCUT2D eigenvalue weighted by molar-refractivity contribution is 1.10. The maximum absolute atomic E-state index is 5.64. The number of nitrogens with two attached hydrogens (primary N) is 1. The fraction of sp³-hybridized carbons (Fsp3) is 0.125. The summed E-state index contributed by atoms with van der Waals surface area (Å²) >= 11 is 5.11. The van der Waals surface area contributed by atoms with Crippen molar-refractivity contribution >= 4 is 33.1 Å². The van der Waals surface area contributed by atoms with Gasteiger partial charge >= 0.3 is 0 Å². The van der Waals surface area contributed by atoms with Crippen LogP contribution in [0.4, 0.5) is 5.82 Å². The minimum Gasteiger partial charge on any atom is -0.382 e. The van der Waals surface area contributed by atoms with E-state index in [2.05, 4.69) is 31.5 Å². The Balaban J connectivity index is 2.59. The highest BCUT2D eigenvalue weighted by Crippen LogP contribution is 2.33. The Morgan fingerprint density at radius 3 is 2.77 bits per heavy atom. The summed E-state index contributed by atoms with van der Waals surface area (Å²) in [5.41, 5.74) is 8.75. The Hall–Kier alpha value is -0.810. The van der Waals surface area contributed by atoms with Crippen molar-refractivity contribution in [3.63, 3.8) is 0 Å². The summed E-state index contributed by atoms with van der Waals surface area (Å²) in [5, 5.41) is 11.0. The van der Waals surface area contributed by atoms with Crippen LogP contribution >= 0.6 is 27.3 Å². The van der Waals surface area contributed by atoms with Gasteiger partial charge in [-0.15, -0.1) is 0 Å². The molecule has 0 spiro atoms. The maximum Gasteiger partial charge on any atom is 0.148 e. The van der Waals surface area contributed by atoms with E-state index in [-0.39, 0.29) is 0 Å². The van der Waals surface area contributed by atoms with Crippen molar-refractivity contribution < 1.29 is 0 Å². The molecule has 0 unspecified atom stereocenters. The van der Waals surface area contributed by atoms with Crippen LogP contribution in [0, 0.1) is 6.92 Å². The average Bonchev–Trinajstić information content (AvgIpc) is 2.62. The molecule has 2 aromatic heterocycles. The number of aromatic nitrogens is 2. The molecule has 0 saturated heterocycles. The van der Waals surface area contributed by atoms with Gasteiger partial charge in [0.1, 0.15) is 5.82 Å². The zero-order chi connectivity index (χ0) is 9.42. The Morgan fingerprint density at radius 1 is 1.54 bits per heavy atom. The van der Waals surface area contributed by atoms with Gasteiger partial charge in [0.2, 0.25) is 0 Å². The third-order valence-corrected chi connectivity index (χ3v) is 3.63. The second kappa shape index (κ2) is 3.16. The first-order chi connectivity index (χ1) is 6.20. The summed E-state index contributed by atoms with van der Waals surface area (Å²) in [5.74, 6) is 0.563. The number of halogens is 1. The second-order valence-electron chi connectivity index (χ2n) is 2.74. The molecule has 3 N–H and O–H groups in total. The van der Waals surface area contributed by atoms with E-state index >= 15 is 0 Å². The van der Waals surface area contributed by atoms with Gasteiger partial charge in [-0.05, 0) is 22.9 Å². The second-order valence-corrected chi connectivity index (χ2v) is 4.34. The summed E-state index contributed by atoms with van der Waals surface area (Å²) in [7, 11) is 0. The van der Waals surface area contributed by atoms with Gasteiger partial charge in [-0.3, -0.25) is 5.10 Å². The lowest BCUT2D eigenvalue weighted by Gasteiger charge is -1.95. The number of thiophene rings is 1. The molecule has 2 rings (SSSR count). The number of hydrogen-bond donors (Lipinski definition) is 2. The highest BCUT2D eigenvalue weighted by Gasteiger charge is 2.11. The van der Waals surface area contributed by atoms with E-state index in [1.807, 2.05) is 12.3 Å². The molecule has 0 aliphatic carbocycles. The van der Waals surface area contributed by atoms with Gasteiger partial charge in [0, 0.05) is 26.4 Å². The highest BCUT2D eigenvalue weighted by atomic mass is 79.9. The lowest BCUT2D eigenvalue weighted by Crippen LogP contribution is -1.86. The molecular weight excluding hydrogens is 250 g/mol. The molecule has 0 atom stereocenters. The summed E-state index contributed by atoms with van der Waals surface area (Å²) in [6, 6.07) is 0. The van der Waals surface area contributed by atoms with E-state index in [1.165, 1.54) is 0 Å². The zero-order valence-corrected chi connectivity index (χ0v) is 9.37. The summed E-state index contributed by atoms with van der Waals surface area (Å²) < 4.78 is 1.07. The van der Waals surface area contributed by atoms with Gasteiger partial charge in [-0.2, -0.15) is 16.4 Å². The maximum atomic E-state index is 5.64. The van der Waals surface area contributed by atoms with Crippen molar-refractivity contribution in [2.24, 2.45) is 0 Å². The number of aromatic amines is 1.